The van der Waals surface area contributed by atoms with Gasteiger partial charge >= 0.3 is 0 Å². The largest absolute Gasteiger partial charge is 0.379 e. The van der Waals surface area contributed by atoms with Crippen molar-refractivity contribution in [1.82, 2.24) is 14.7 Å². The second-order valence-corrected chi connectivity index (χ2v) is 9.13. The molecule has 1 spiro atoms. The molecule has 1 aromatic carbocycles. The first kappa shape index (κ1) is 19.2. The van der Waals surface area contributed by atoms with Gasteiger partial charge in [-0.25, -0.2) is 0 Å². The van der Waals surface area contributed by atoms with Gasteiger partial charge in [0.25, 0.3) is 0 Å². The van der Waals surface area contributed by atoms with Crippen LogP contribution in [-0.2, 0) is 9.53 Å². The molecular formula is C21H31N3O2S. The van der Waals surface area contributed by atoms with Crippen molar-refractivity contribution in [1.29, 1.82) is 0 Å². The van der Waals surface area contributed by atoms with Crippen LogP contribution in [0.2, 0.25) is 0 Å². The van der Waals surface area contributed by atoms with Gasteiger partial charge < -0.3 is 14.5 Å². The van der Waals surface area contributed by atoms with Gasteiger partial charge in [0, 0.05) is 56.5 Å². The van der Waals surface area contributed by atoms with E-state index in [4.69, 9.17) is 4.74 Å². The molecule has 3 aliphatic rings. The smallest absolute Gasteiger partial charge is 0.230 e. The lowest BCUT2D eigenvalue weighted by Gasteiger charge is -2.29. The SMILES string of the molecule is O=C1N(CCN2CCOCC2)CCC12CCN(CCSc1ccccc1)C2. The summed E-state index contributed by atoms with van der Waals surface area (Å²) in [4.78, 5) is 21.5. The summed E-state index contributed by atoms with van der Waals surface area (Å²) in [5, 5.41) is 0. The first-order valence-corrected chi connectivity index (χ1v) is 11.2. The fourth-order valence-corrected chi connectivity index (χ4v) is 5.46. The minimum Gasteiger partial charge on any atom is -0.379 e. The van der Waals surface area contributed by atoms with Crippen LogP contribution in [-0.4, -0.2) is 91.9 Å². The Balaban J connectivity index is 1.21. The van der Waals surface area contributed by atoms with Crippen LogP contribution in [0, 0.1) is 5.41 Å². The molecule has 1 atom stereocenters. The number of carbonyl (C=O) groups excluding carboxylic acids is 1. The zero-order chi connectivity index (χ0) is 18.5. The van der Waals surface area contributed by atoms with Crippen molar-refractivity contribution in [3.05, 3.63) is 30.3 Å². The van der Waals surface area contributed by atoms with Gasteiger partial charge in [0.05, 0.1) is 18.6 Å². The van der Waals surface area contributed by atoms with E-state index in [9.17, 15) is 4.79 Å². The van der Waals surface area contributed by atoms with Crippen LogP contribution in [0.25, 0.3) is 0 Å². The van der Waals surface area contributed by atoms with Gasteiger partial charge in [0.2, 0.25) is 5.91 Å². The maximum atomic E-state index is 13.1. The van der Waals surface area contributed by atoms with E-state index in [1.165, 1.54) is 4.90 Å². The third kappa shape index (κ3) is 4.67. The molecule has 6 heteroatoms. The number of carbonyl (C=O) groups is 1. The monoisotopic (exact) mass is 389 g/mol. The van der Waals surface area contributed by atoms with E-state index in [0.29, 0.717) is 5.91 Å². The molecule has 0 saturated carbocycles. The van der Waals surface area contributed by atoms with Gasteiger partial charge in [-0.05, 0) is 31.5 Å². The standard InChI is InChI=1S/C21H31N3O2S/c25-20-21(7-9-24(20)11-10-22-12-15-26-16-13-22)6-8-23(18-21)14-17-27-19-4-2-1-3-5-19/h1-5H,6-18H2. The predicted octanol–water partition coefficient (Wildman–Crippen LogP) is 2.04. The Kier molecular flexibility index (Phi) is 6.38. The molecule has 1 unspecified atom stereocenters. The quantitative estimate of drug-likeness (QED) is 0.667. The van der Waals surface area contributed by atoms with Gasteiger partial charge in [-0.1, -0.05) is 18.2 Å². The number of amides is 1. The molecule has 148 valence electrons. The van der Waals surface area contributed by atoms with Gasteiger partial charge in [-0.3, -0.25) is 9.69 Å². The van der Waals surface area contributed by atoms with E-state index < -0.39 is 0 Å². The Morgan fingerprint density at radius 2 is 1.70 bits per heavy atom. The van der Waals surface area contributed by atoms with Crippen LogP contribution in [0.3, 0.4) is 0 Å². The second-order valence-electron chi connectivity index (χ2n) is 7.96. The minimum absolute atomic E-state index is 0.0948. The average Bonchev–Trinajstić information content (AvgIpc) is 3.26. The van der Waals surface area contributed by atoms with Crippen molar-refractivity contribution >= 4 is 17.7 Å². The molecule has 3 fully saturated rings. The van der Waals surface area contributed by atoms with Crippen LogP contribution in [0.1, 0.15) is 12.8 Å². The number of hydrogen-bond acceptors (Lipinski definition) is 5. The molecule has 0 N–H and O–H groups in total. The highest BCUT2D eigenvalue weighted by atomic mass is 32.2. The van der Waals surface area contributed by atoms with E-state index in [1.54, 1.807) is 0 Å². The van der Waals surface area contributed by atoms with Crippen LogP contribution >= 0.6 is 11.8 Å². The topological polar surface area (TPSA) is 36.0 Å². The molecule has 0 aliphatic carbocycles. The number of benzene rings is 1. The Bertz CT molecular complexity index is 623. The number of thioether (sulfide) groups is 1. The summed E-state index contributed by atoms with van der Waals surface area (Å²) in [6.07, 6.45) is 2.08. The summed E-state index contributed by atoms with van der Waals surface area (Å²) in [6.45, 7) is 9.56. The van der Waals surface area contributed by atoms with Gasteiger partial charge in [0.15, 0.2) is 0 Å². The number of hydrogen-bond donors (Lipinski definition) is 0. The highest BCUT2D eigenvalue weighted by molar-refractivity contribution is 7.99. The number of morpholine rings is 1. The van der Waals surface area contributed by atoms with Gasteiger partial charge in [0.1, 0.15) is 0 Å². The Labute approximate surface area is 167 Å². The van der Waals surface area contributed by atoms with Gasteiger partial charge in [-0.15, -0.1) is 11.8 Å². The maximum Gasteiger partial charge on any atom is 0.230 e. The maximum absolute atomic E-state index is 13.1. The molecule has 0 aromatic heterocycles. The second kappa shape index (κ2) is 8.95. The summed E-state index contributed by atoms with van der Waals surface area (Å²) in [5.74, 6) is 1.50. The predicted molar refractivity (Wildman–Crippen MR) is 109 cm³/mol. The van der Waals surface area contributed by atoms with Crippen molar-refractivity contribution in [3.63, 3.8) is 0 Å². The highest BCUT2D eigenvalue weighted by Crippen LogP contribution is 2.40. The van der Waals surface area contributed by atoms with E-state index in [1.807, 2.05) is 11.8 Å². The molecule has 3 aliphatic heterocycles. The van der Waals surface area contributed by atoms with E-state index in [2.05, 4.69) is 45.0 Å². The fraction of sp³-hybridized carbons (Fsp3) is 0.667. The molecule has 5 nitrogen and oxygen atoms in total. The Morgan fingerprint density at radius 1 is 0.926 bits per heavy atom. The average molecular weight is 390 g/mol. The normalized spacial score (nSPS) is 27.1. The van der Waals surface area contributed by atoms with E-state index in [0.717, 1.165) is 84.2 Å². The van der Waals surface area contributed by atoms with Crippen molar-refractivity contribution in [2.75, 3.05) is 71.3 Å². The third-order valence-electron chi connectivity index (χ3n) is 6.24. The van der Waals surface area contributed by atoms with Crippen LogP contribution < -0.4 is 0 Å². The lowest BCUT2D eigenvalue weighted by molar-refractivity contribution is -0.135. The zero-order valence-corrected chi connectivity index (χ0v) is 17.0. The third-order valence-corrected chi connectivity index (χ3v) is 7.24. The highest BCUT2D eigenvalue weighted by Gasteiger charge is 2.50. The molecule has 27 heavy (non-hydrogen) atoms. The van der Waals surface area contributed by atoms with Crippen LogP contribution in [0.4, 0.5) is 0 Å². The molecule has 0 bridgehead atoms. The van der Waals surface area contributed by atoms with E-state index in [-0.39, 0.29) is 5.41 Å². The molecule has 1 aromatic rings. The first-order valence-electron chi connectivity index (χ1n) is 10.2. The number of nitrogens with zero attached hydrogens (tertiary/aromatic N) is 3. The summed E-state index contributed by atoms with van der Waals surface area (Å²) >= 11 is 1.91. The molecule has 0 radical (unpaired) electrons. The number of likely N-dealkylation sites (tertiary alicyclic amines) is 2. The molecular weight excluding hydrogens is 358 g/mol. The Hall–Kier alpha value is -1.08. The molecule has 3 heterocycles. The molecule has 3 saturated heterocycles. The number of rotatable bonds is 7. The number of ether oxygens (including phenoxy) is 1. The Morgan fingerprint density at radius 3 is 2.52 bits per heavy atom. The molecule has 1 amide bonds. The zero-order valence-electron chi connectivity index (χ0n) is 16.1. The van der Waals surface area contributed by atoms with Crippen LogP contribution in [0.5, 0.6) is 0 Å². The van der Waals surface area contributed by atoms with Crippen molar-refractivity contribution in [2.45, 2.75) is 17.7 Å². The van der Waals surface area contributed by atoms with Crippen molar-refractivity contribution < 1.29 is 9.53 Å². The van der Waals surface area contributed by atoms with Gasteiger partial charge in [-0.2, -0.15) is 0 Å². The summed E-state index contributed by atoms with van der Waals surface area (Å²) in [6, 6.07) is 10.6. The lowest BCUT2D eigenvalue weighted by Crippen LogP contribution is -2.43. The summed E-state index contributed by atoms with van der Waals surface area (Å²) in [5.41, 5.74) is -0.0948. The van der Waals surface area contributed by atoms with Crippen LogP contribution in [0.15, 0.2) is 35.2 Å². The van der Waals surface area contributed by atoms with E-state index >= 15 is 0 Å². The lowest BCUT2D eigenvalue weighted by atomic mass is 9.85. The minimum atomic E-state index is -0.0948. The first-order chi connectivity index (χ1) is 13.3. The van der Waals surface area contributed by atoms with Crippen molar-refractivity contribution in [2.24, 2.45) is 5.41 Å². The summed E-state index contributed by atoms with van der Waals surface area (Å²) < 4.78 is 5.41. The van der Waals surface area contributed by atoms with Crippen molar-refractivity contribution in [3.8, 4) is 0 Å². The fourth-order valence-electron chi connectivity index (χ4n) is 4.53. The molecule has 4 rings (SSSR count). The summed E-state index contributed by atoms with van der Waals surface area (Å²) in [7, 11) is 0.